The maximum atomic E-state index is 12.9. The predicted molar refractivity (Wildman–Crippen MR) is 109 cm³/mol. The molecule has 2 aromatic heterocycles. The summed E-state index contributed by atoms with van der Waals surface area (Å²) in [5.74, 6) is -0.326. The third-order valence-electron chi connectivity index (χ3n) is 4.43. The summed E-state index contributed by atoms with van der Waals surface area (Å²) in [5, 5.41) is 7.79. The molecule has 0 unspecified atom stereocenters. The lowest BCUT2D eigenvalue weighted by molar-refractivity contribution is -0.0258. The fourth-order valence-corrected chi connectivity index (χ4v) is 3.84. The molecule has 0 aliphatic heterocycles. The first-order chi connectivity index (χ1) is 13.6. The molecule has 3 aromatic rings. The first-order valence-electron chi connectivity index (χ1n) is 8.94. The Bertz CT molecular complexity index is 1150. The van der Waals surface area contributed by atoms with Crippen molar-refractivity contribution in [2.45, 2.75) is 31.7 Å². The number of nitrogens with one attached hydrogen (secondary N) is 1. The van der Waals surface area contributed by atoms with Crippen molar-refractivity contribution in [3.05, 3.63) is 47.8 Å². The third-order valence-corrected chi connectivity index (χ3v) is 6.13. The largest absolute Gasteiger partial charge is 0.322 e. The van der Waals surface area contributed by atoms with Crippen molar-refractivity contribution in [2.75, 3.05) is 19.5 Å². The number of amides is 1. The van der Waals surface area contributed by atoms with Gasteiger partial charge in [0.05, 0.1) is 29.2 Å². The van der Waals surface area contributed by atoms with E-state index in [9.17, 15) is 13.2 Å². The van der Waals surface area contributed by atoms with Gasteiger partial charge in [0.15, 0.2) is 5.65 Å². The van der Waals surface area contributed by atoms with Gasteiger partial charge in [-0.15, -0.1) is 0 Å². The quantitative estimate of drug-likeness (QED) is 0.618. The number of pyridine rings is 1. The second kappa shape index (κ2) is 7.90. The van der Waals surface area contributed by atoms with E-state index in [-0.39, 0.29) is 16.8 Å². The molecule has 9 nitrogen and oxygen atoms in total. The monoisotopic (exact) mass is 417 g/mol. The van der Waals surface area contributed by atoms with Crippen molar-refractivity contribution in [1.29, 1.82) is 0 Å². The maximum absolute atomic E-state index is 12.9. The maximum Gasteiger partial charge on any atom is 0.264 e. The summed E-state index contributed by atoms with van der Waals surface area (Å²) in [6, 6.07) is 7.68. The van der Waals surface area contributed by atoms with Gasteiger partial charge in [-0.2, -0.15) is 5.10 Å². The minimum absolute atomic E-state index is 0.0557. The molecular weight excluding hydrogens is 394 g/mol. The number of hydrogen-bond donors (Lipinski definition) is 1. The van der Waals surface area contributed by atoms with E-state index < -0.39 is 10.0 Å². The number of carbonyl (C=O) groups is 1. The molecule has 0 saturated heterocycles. The van der Waals surface area contributed by atoms with Crippen molar-refractivity contribution in [2.24, 2.45) is 0 Å². The molecule has 10 heteroatoms. The highest BCUT2D eigenvalue weighted by atomic mass is 32.2. The van der Waals surface area contributed by atoms with Crippen LogP contribution in [-0.2, 0) is 14.9 Å². The molecule has 2 heterocycles. The van der Waals surface area contributed by atoms with Gasteiger partial charge in [-0.3, -0.25) is 9.63 Å². The Morgan fingerprint density at radius 1 is 1.24 bits per heavy atom. The Morgan fingerprint density at radius 2 is 1.90 bits per heavy atom. The number of sulfonamides is 1. The van der Waals surface area contributed by atoms with E-state index in [0.717, 1.165) is 4.47 Å². The molecule has 0 saturated carbocycles. The molecule has 1 aromatic carbocycles. The zero-order chi connectivity index (χ0) is 21.3. The average Bonchev–Trinajstić information content (AvgIpc) is 3.10. The highest BCUT2D eigenvalue weighted by Crippen LogP contribution is 2.23. The second-order valence-corrected chi connectivity index (χ2v) is 8.74. The number of nitrogens with zero attached hydrogens (tertiary/aromatic N) is 4. The molecule has 3 rings (SSSR count). The molecule has 0 aliphatic rings. The van der Waals surface area contributed by atoms with Gasteiger partial charge in [-0.25, -0.2) is 18.1 Å². The lowest BCUT2D eigenvalue weighted by atomic mass is 10.1. The number of rotatable bonds is 6. The highest BCUT2D eigenvalue weighted by molar-refractivity contribution is 7.89. The summed E-state index contributed by atoms with van der Waals surface area (Å²) in [5.41, 5.74) is 2.27. The Morgan fingerprint density at radius 3 is 2.48 bits per heavy atom. The smallest absolute Gasteiger partial charge is 0.264 e. The van der Waals surface area contributed by atoms with Crippen molar-refractivity contribution in [1.82, 2.24) is 19.2 Å². The molecule has 1 amide bonds. The minimum Gasteiger partial charge on any atom is -0.322 e. The van der Waals surface area contributed by atoms with Gasteiger partial charge in [-0.05, 0) is 51.1 Å². The topological polar surface area (TPSA) is 106 Å². The van der Waals surface area contributed by atoms with E-state index in [0.29, 0.717) is 28.0 Å². The number of hydroxylamine groups is 1. The fourth-order valence-electron chi connectivity index (χ4n) is 2.86. The number of fused-ring (bicyclic) bond motifs is 1. The molecule has 0 bridgehead atoms. The van der Waals surface area contributed by atoms with Crippen LogP contribution in [0.2, 0.25) is 0 Å². The van der Waals surface area contributed by atoms with Crippen molar-refractivity contribution < 1.29 is 18.0 Å². The first kappa shape index (κ1) is 20.9. The van der Waals surface area contributed by atoms with Crippen LogP contribution >= 0.6 is 0 Å². The van der Waals surface area contributed by atoms with Gasteiger partial charge >= 0.3 is 0 Å². The standard InChI is InChI=1S/C19H23N5O4S/c1-12(2)24-18-17(11-20-24)16(10-13(3)21-18)19(25)22-14-6-8-15(9-7-14)29(26,27)23(4)28-5/h6-12H,1-5H3,(H,22,25). The van der Waals surface area contributed by atoms with Crippen LogP contribution in [0.4, 0.5) is 5.69 Å². The molecule has 29 heavy (non-hydrogen) atoms. The molecule has 0 radical (unpaired) electrons. The Kier molecular flexibility index (Phi) is 5.69. The number of carbonyl (C=O) groups excluding carboxylic acids is 1. The summed E-state index contributed by atoms with van der Waals surface area (Å²) >= 11 is 0. The number of aromatic nitrogens is 3. The predicted octanol–water partition coefficient (Wildman–Crippen LogP) is 2.75. The summed E-state index contributed by atoms with van der Waals surface area (Å²) in [4.78, 5) is 22.2. The van der Waals surface area contributed by atoms with Crippen molar-refractivity contribution >= 4 is 32.7 Å². The van der Waals surface area contributed by atoms with Gasteiger partial charge in [0.2, 0.25) is 0 Å². The fraction of sp³-hybridized carbons (Fsp3) is 0.316. The van der Waals surface area contributed by atoms with E-state index >= 15 is 0 Å². The number of anilines is 1. The second-order valence-electron chi connectivity index (χ2n) is 6.81. The number of aryl methyl sites for hydroxylation is 1. The highest BCUT2D eigenvalue weighted by Gasteiger charge is 2.21. The zero-order valence-corrected chi connectivity index (χ0v) is 17.7. The van der Waals surface area contributed by atoms with Gasteiger partial charge in [-0.1, -0.05) is 4.47 Å². The van der Waals surface area contributed by atoms with Crippen LogP contribution in [0.3, 0.4) is 0 Å². The Hall–Kier alpha value is -2.82. The normalized spacial score (nSPS) is 12.1. The molecule has 1 N–H and O–H groups in total. The van der Waals surface area contributed by atoms with E-state index in [1.54, 1.807) is 16.9 Å². The van der Waals surface area contributed by atoms with E-state index in [1.807, 2.05) is 20.8 Å². The Labute approximate surface area is 169 Å². The van der Waals surface area contributed by atoms with Crippen LogP contribution in [0, 0.1) is 6.92 Å². The summed E-state index contributed by atoms with van der Waals surface area (Å²) in [6.45, 7) is 5.81. The summed E-state index contributed by atoms with van der Waals surface area (Å²) in [7, 11) is -1.17. The van der Waals surface area contributed by atoms with Crippen LogP contribution in [-0.4, -0.2) is 47.7 Å². The summed E-state index contributed by atoms with van der Waals surface area (Å²) < 4.78 is 27.0. The van der Waals surface area contributed by atoms with Crippen LogP contribution in [0.5, 0.6) is 0 Å². The molecule has 0 atom stereocenters. The lowest BCUT2D eigenvalue weighted by Gasteiger charge is -2.14. The third kappa shape index (κ3) is 4.00. The van der Waals surface area contributed by atoms with Crippen molar-refractivity contribution in [3.63, 3.8) is 0 Å². The van der Waals surface area contributed by atoms with Crippen LogP contribution < -0.4 is 5.32 Å². The van der Waals surface area contributed by atoms with E-state index in [2.05, 4.69) is 15.4 Å². The van der Waals surface area contributed by atoms with Gasteiger partial charge in [0.25, 0.3) is 15.9 Å². The Balaban J connectivity index is 1.90. The molecule has 0 spiro atoms. The minimum atomic E-state index is -3.75. The average molecular weight is 417 g/mol. The first-order valence-corrected chi connectivity index (χ1v) is 10.4. The molecule has 154 valence electrons. The molecular formula is C19H23N5O4S. The van der Waals surface area contributed by atoms with Crippen molar-refractivity contribution in [3.8, 4) is 0 Å². The van der Waals surface area contributed by atoms with E-state index in [1.165, 1.54) is 38.4 Å². The van der Waals surface area contributed by atoms with Gasteiger partial charge in [0, 0.05) is 24.5 Å². The summed E-state index contributed by atoms with van der Waals surface area (Å²) in [6.07, 6.45) is 1.63. The molecule has 0 fully saturated rings. The van der Waals surface area contributed by atoms with Gasteiger partial charge < -0.3 is 5.32 Å². The number of hydrogen-bond acceptors (Lipinski definition) is 6. The van der Waals surface area contributed by atoms with Crippen LogP contribution in [0.1, 0.15) is 35.9 Å². The SMILES string of the molecule is CON(C)S(=O)(=O)c1ccc(NC(=O)c2cc(C)nc3c2cnn3C(C)C)cc1. The zero-order valence-electron chi connectivity index (χ0n) is 16.9. The molecule has 0 aliphatic carbocycles. The van der Waals surface area contributed by atoms with Crippen LogP contribution in [0.15, 0.2) is 41.4 Å². The van der Waals surface area contributed by atoms with Crippen LogP contribution in [0.25, 0.3) is 11.0 Å². The van der Waals surface area contributed by atoms with Gasteiger partial charge in [0.1, 0.15) is 0 Å². The van der Waals surface area contributed by atoms with E-state index in [4.69, 9.17) is 4.84 Å². The lowest BCUT2D eigenvalue weighted by Crippen LogP contribution is -2.25. The number of benzene rings is 1.